The first-order chi connectivity index (χ1) is 16.3. The minimum atomic E-state index is -1.12. The van der Waals surface area contributed by atoms with Gasteiger partial charge in [0.2, 0.25) is 0 Å². The molecule has 1 unspecified atom stereocenters. The zero-order valence-electron chi connectivity index (χ0n) is 18.9. The van der Waals surface area contributed by atoms with Crippen molar-refractivity contribution in [2.75, 3.05) is 7.11 Å². The summed E-state index contributed by atoms with van der Waals surface area (Å²) in [6, 6.07) is 14.5. The number of aliphatic carboxylic acids is 1. The molecule has 7 nitrogen and oxygen atoms in total. The molecule has 0 saturated heterocycles. The number of aromatic nitrogens is 2. The molecule has 0 saturated carbocycles. The molecule has 4 rings (SSSR count). The Bertz CT molecular complexity index is 1380. The first-order valence-corrected chi connectivity index (χ1v) is 10.6. The van der Waals surface area contributed by atoms with Gasteiger partial charge in [-0.15, -0.1) is 0 Å². The zero-order valence-corrected chi connectivity index (χ0v) is 18.9. The highest BCUT2D eigenvalue weighted by atomic mass is 19.1. The van der Waals surface area contributed by atoms with Crippen molar-refractivity contribution in [1.82, 2.24) is 9.55 Å². The number of fused-ring (bicyclic) bond motifs is 1. The van der Waals surface area contributed by atoms with Gasteiger partial charge in [-0.1, -0.05) is 0 Å². The number of carboxylic acids is 1. The lowest BCUT2D eigenvalue weighted by atomic mass is 10.0. The summed E-state index contributed by atoms with van der Waals surface area (Å²) in [7, 11) is 1.56. The summed E-state index contributed by atoms with van der Waals surface area (Å²) in [4.78, 5) is 29.0. The standard InChI is InChI=1S/C26H23FN2O5/c1-15-4-10-21-22(24(30)17-5-7-19(33-3)8-6-17)14-29(25(21)28-15)13-18-12-20(9-11-23(18)27)34-16(2)26(31)32/h4-12,14,16H,13H2,1-3H3,(H,31,32). The van der Waals surface area contributed by atoms with Crippen LogP contribution in [0.1, 0.15) is 34.1 Å². The normalized spacial score (nSPS) is 11.9. The average Bonchev–Trinajstić information content (AvgIpc) is 3.18. The van der Waals surface area contributed by atoms with Crippen LogP contribution in [-0.2, 0) is 11.3 Å². The molecule has 2 aromatic heterocycles. The van der Waals surface area contributed by atoms with Gasteiger partial charge in [0.05, 0.1) is 13.7 Å². The molecule has 2 aromatic carbocycles. The van der Waals surface area contributed by atoms with Crippen molar-refractivity contribution in [3.05, 3.63) is 89.0 Å². The van der Waals surface area contributed by atoms with Gasteiger partial charge in [0.25, 0.3) is 0 Å². The Kier molecular flexibility index (Phi) is 6.32. The van der Waals surface area contributed by atoms with Gasteiger partial charge in [-0.05, 0) is 68.4 Å². The van der Waals surface area contributed by atoms with E-state index in [1.54, 1.807) is 42.1 Å². The maximum atomic E-state index is 14.6. The number of carbonyl (C=O) groups is 2. The minimum Gasteiger partial charge on any atom is -0.497 e. The van der Waals surface area contributed by atoms with Crippen LogP contribution in [0.4, 0.5) is 4.39 Å². The van der Waals surface area contributed by atoms with Crippen LogP contribution in [0, 0.1) is 12.7 Å². The third-order valence-electron chi connectivity index (χ3n) is 5.48. The molecule has 4 aromatic rings. The Morgan fingerprint density at radius 1 is 1.09 bits per heavy atom. The lowest BCUT2D eigenvalue weighted by Crippen LogP contribution is -2.23. The van der Waals surface area contributed by atoms with E-state index in [0.717, 1.165) is 5.69 Å². The van der Waals surface area contributed by atoms with E-state index in [1.165, 1.54) is 25.1 Å². The number of ketones is 1. The van der Waals surface area contributed by atoms with E-state index >= 15 is 0 Å². The lowest BCUT2D eigenvalue weighted by molar-refractivity contribution is -0.144. The highest BCUT2D eigenvalue weighted by Crippen LogP contribution is 2.26. The Hall–Kier alpha value is -4.20. The second kappa shape index (κ2) is 9.35. The van der Waals surface area contributed by atoms with Gasteiger partial charge in [-0.2, -0.15) is 0 Å². The van der Waals surface area contributed by atoms with Gasteiger partial charge in [0, 0.05) is 34.0 Å². The van der Waals surface area contributed by atoms with E-state index in [9.17, 15) is 14.0 Å². The monoisotopic (exact) mass is 462 g/mol. The van der Waals surface area contributed by atoms with E-state index in [2.05, 4.69) is 4.98 Å². The molecule has 0 radical (unpaired) electrons. The van der Waals surface area contributed by atoms with Crippen LogP contribution in [0.3, 0.4) is 0 Å². The molecule has 174 valence electrons. The largest absolute Gasteiger partial charge is 0.497 e. The van der Waals surface area contributed by atoms with Crippen molar-refractivity contribution >= 4 is 22.8 Å². The third kappa shape index (κ3) is 4.61. The van der Waals surface area contributed by atoms with Crippen molar-refractivity contribution in [3.63, 3.8) is 0 Å². The fourth-order valence-electron chi connectivity index (χ4n) is 3.64. The Morgan fingerprint density at radius 2 is 1.79 bits per heavy atom. The fourth-order valence-corrected chi connectivity index (χ4v) is 3.64. The number of carboxylic acid groups (broad SMARTS) is 1. The number of aryl methyl sites for hydroxylation is 1. The summed E-state index contributed by atoms with van der Waals surface area (Å²) in [6.07, 6.45) is 0.583. The maximum Gasteiger partial charge on any atom is 0.344 e. The Labute approximate surface area is 195 Å². The molecule has 2 heterocycles. The van der Waals surface area contributed by atoms with Crippen LogP contribution in [0.2, 0.25) is 0 Å². The molecule has 0 aliphatic heterocycles. The summed E-state index contributed by atoms with van der Waals surface area (Å²) in [5.74, 6) is -0.908. The molecule has 0 amide bonds. The van der Waals surface area contributed by atoms with E-state index in [0.29, 0.717) is 27.9 Å². The molecule has 0 aliphatic rings. The quantitative estimate of drug-likeness (QED) is 0.384. The van der Waals surface area contributed by atoms with Crippen LogP contribution >= 0.6 is 0 Å². The van der Waals surface area contributed by atoms with Crippen LogP contribution in [0.5, 0.6) is 11.5 Å². The van der Waals surface area contributed by atoms with Crippen molar-refractivity contribution in [2.24, 2.45) is 0 Å². The molecule has 8 heteroatoms. The summed E-state index contributed by atoms with van der Waals surface area (Å²) in [5, 5.41) is 9.73. The number of benzene rings is 2. The molecule has 0 bridgehead atoms. The van der Waals surface area contributed by atoms with E-state index in [1.807, 2.05) is 19.1 Å². The molecule has 0 spiro atoms. The zero-order chi connectivity index (χ0) is 24.4. The molecular formula is C26H23FN2O5. The van der Waals surface area contributed by atoms with Crippen LogP contribution in [0.25, 0.3) is 11.0 Å². The van der Waals surface area contributed by atoms with Gasteiger partial charge in [-0.3, -0.25) is 4.79 Å². The second-order valence-electron chi connectivity index (χ2n) is 7.90. The molecule has 34 heavy (non-hydrogen) atoms. The van der Waals surface area contributed by atoms with E-state index in [4.69, 9.17) is 14.6 Å². The minimum absolute atomic E-state index is 0.0767. The van der Waals surface area contributed by atoms with E-state index in [-0.39, 0.29) is 23.6 Å². The SMILES string of the molecule is COc1ccc(C(=O)c2cn(Cc3cc(OC(C)C(=O)O)ccc3F)c3nc(C)ccc23)cc1. The second-order valence-corrected chi connectivity index (χ2v) is 7.90. The molecule has 0 fully saturated rings. The van der Waals surface area contributed by atoms with Crippen molar-refractivity contribution in [3.8, 4) is 11.5 Å². The predicted molar refractivity (Wildman–Crippen MR) is 124 cm³/mol. The number of rotatable bonds is 8. The number of halogens is 1. The fraction of sp³-hybridized carbons (Fsp3) is 0.192. The molecule has 1 atom stereocenters. The van der Waals surface area contributed by atoms with Gasteiger partial charge >= 0.3 is 5.97 Å². The first-order valence-electron chi connectivity index (χ1n) is 10.6. The van der Waals surface area contributed by atoms with Crippen molar-refractivity contribution in [2.45, 2.75) is 26.5 Å². The molecule has 1 N–H and O–H groups in total. The molecule has 0 aliphatic carbocycles. The summed E-state index contributed by atoms with van der Waals surface area (Å²) in [6.45, 7) is 3.31. The number of hydrogen-bond acceptors (Lipinski definition) is 5. The van der Waals surface area contributed by atoms with Gasteiger partial charge in [0.15, 0.2) is 11.9 Å². The number of carbonyl (C=O) groups excluding carboxylic acids is 1. The van der Waals surface area contributed by atoms with E-state index < -0.39 is 17.9 Å². The summed E-state index contributed by atoms with van der Waals surface area (Å²) < 4.78 is 26.9. The first kappa shape index (κ1) is 23.0. The Morgan fingerprint density at radius 3 is 2.47 bits per heavy atom. The van der Waals surface area contributed by atoms with Crippen LogP contribution in [0.15, 0.2) is 60.8 Å². The number of ether oxygens (including phenoxy) is 2. The maximum absolute atomic E-state index is 14.6. The number of pyridine rings is 1. The molecular weight excluding hydrogens is 439 g/mol. The number of hydrogen-bond donors (Lipinski definition) is 1. The topological polar surface area (TPSA) is 90.7 Å². The van der Waals surface area contributed by atoms with Gasteiger partial charge in [0.1, 0.15) is 23.0 Å². The van der Waals surface area contributed by atoms with Crippen LogP contribution < -0.4 is 9.47 Å². The van der Waals surface area contributed by atoms with Crippen molar-refractivity contribution in [1.29, 1.82) is 0 Å². The van der Waals surface area contributed by atoms with Crippen molar-refractivity contribution < 1.29 is 28.6 Å². The third-order valence-corrected chi connectivity index (χ3v) is 5.48. The number of nitrogens with zero attached hydrogens (tertiary/aromatic N) is 2. The average molecular weight is 462 g/mol. The highest BCUT2D eigenvalue weighted by Gasteiger charge is 2.20. The smallest absolute Gasteiger partial charge is 0.344 e. The van der Waals surface area contributed by atoms with Crippen LogP contribution in [-0.4, -0.2) is 39.6 Å². The van der Waals surface area contributed by atoms with Gasteiger partial charge < -0.3 is 19.1 Å². The Balaban J connectivity index is 1.73. The lowest BCUT2D eigenvalue weighted by Gasteiger charge is -2.13. The predicted octanol–water partition coefficient (Wildman–Crippen LogP) is 4.62. The summed E-state index contributed by atoms with van der Waals surface area (Å²) >= 11 is 0. The van der Waals surface area contributed by atoms with Gasteiger partial charge in [-0.25, -0.2) is 14.2 Å². The number of methoxy groups -OCH3 is 1. The summed E-state index contributed by atoms with van der Waals surface area (Å²) in [5.41, 5.74) is 2.51. The highest BCUT2D eigenvalue weighted by molar-refractivity contribution is 6.16.